The number of aliphatic hydroxyl groups excluding tert-OH is 1. The summed E-state index contributed by atoms with van der Waals surface area (Å²) in [6.07, 6.45) is 0. The second-order valence-electron chi connectivity index (χ2n) is 4.56. The number of hydrogen-bond donors (Lipinski definition) is 2. The minimum atomic E-state index is -0.598. The Morgan fingerprint density at radius 1 is 1.35 bits per heavy atom. The smallest absolute Gasteiger partial charge is 0.270 e. The molecule has 23 heavy (non-hydrogen) atoms. The van der Waals surface area contributed by atoms with Crippen molar-refractivity contribution < 1.29 is 19.6 Å². The molecule has 0 saturated carbocycles. The lowest BCUT2D eigenvalue weighted by Crippen LogP contribution is -2.14. The number of ether oxygens (including phenoxy) is 1. The number of carbonyl (C=O) groups is 1. The minimum Gasteiger partial charge on any atom is -0.497 e. The molecule has 120 valence electrons. The van der Waals surface area contributed by atoms with Crippen LogP contribution in [0.15, 0.2) is 36.4 Å². The fourth-order valence-electron chi connectivity index (χ4n) is 1.93. The average Bonchev–Trinajstić information content (AvgIpc) is 2.54. The summed E-state index contributed by atoms with van der Waals surface area (Å²) in [5, 5.41) is 22.6. The van der Waals surface area contributed by atoms with E-state index in [1.165, 1.54) is 19.2 Å². The Kier molecular flexibility index (Phi) is 5.15. The van der Waals surface area contributed by atoms with E-state index in [0.29, 0.717) is 17.0 Å². The molecule has 0 aliphatic heterocycles. The molecule has 7 nitrogen and oxygen atoms in total. The van der Waals surface area contributed by atoms with Crippen molar-refractivity contribution in [3.8, 4) is 5.75 Å². The Labute approximate surface area is 136 Å². The molecule has 2 aromatic rings. The zero-order valence-corrected chi connectivity index (χ0v) is 12.8. The van der Waals surface area contributed by atoms with Gasteiger partial charge in [-0.1, -0.05) is 17.7 Å². The molecule has 0 aliphatic rings. The van der Waals surface area contributed by atoms with Crippen molar-refractivity contribution in [2.75, 3.05) is 12.4 Å². The Hall–Kier alpha value is -2.64. The van der Waals surface area contributed by atoms with Gasteiger partial charge in [0.15, 0.2) is 0 Å². The number of nitrogens with one attached hydrogen (secondary N) is 1. The lowest BCUT2D eigenvalue weighted by molar-refractivity contribution is -0.384. The van der Waals surface area contributed by atoms with Crippen LogP contribution in [0.5, 0.6) is 5.75 Å². The third kappa shape index (κ3) is 3.77. The lowest BCUT2D eigenvalue weighted by Gasteiger charge is -2.12. The second kappa shape index (κ2) is 7.08. The molecule has 2 aromatic carbocycles. The summed E-state index contributed by atoms with van der Waals surface area (Å²) < 4.78 is 5.07. The highest BCUT2D eigenvalue weighted by atomic mass is 35.5. The second-order valence-corrected chi connectivity index (χ2v) is 4.96. The average molecular weight is 337 g/mol. The molecular formula is C15H13ClN2O5. The van der Waals surface area contributed by atoms with E-state index in [4.69, 9.17) is 16.3 Å². The van der Waals surface area contributed by atoms with Crippen LogP contribution in [-0.2, 0) is 6.61 Å². The molecule has 2 N–H and O–H groups in total. The highest BCUT2D eigenvalue weighted by Crippen LogP contribution is 2.26. The van der Waals surface area contributed by atoms with Gasteiger partial charge in [-0.2, -0.15) is 0 Å². The molecule has 0 bridgehead atoms. The molecule has 0 saturated heterocycles. The maximum atomic E-state index is 12.3. The van der Waals surface area contributed by atoms with Crippen LogP contribution in [-0.4, -0.2) is 23.0 Å². The normalized spacial score (nSPS) is 10.2. The van der Waals surface area contributed by atoms with Gasteiger partial charge in [-0.15, -0.1) is 0 Å². The first-order valence-electron chi connectivity index (χ1n) is 6.49. The SMILES string of the molecule is COc1ccc(CO)c(NC(=O)c2ccc([N+](=O)[O-])cc2Cl)c1. The highest BCUT2D eigenvalue weighted by molar-refractivity contribution is 6.34. The van der Waals surface area contributed by atoms with Gasteiger partial charge in [-0.05, 0) is 12.1 Å². The Bertz CT molecular complexity index is 764. The van der Waals surface area contributed by atoms with Gasteiger partial charge < -0.3 is 15.2 Å². The number of amides is 1. The summed E-state index contributed by atoms with van der Waals surface area (Å²) >= 11 is 5.93. The van der Waals surface area contributed by atoms with Crippen LogP contribution in [0.4, 0.5) is 11.4 Å². The monoisotopic (exact) mass is 336 g/mol. The number of aliphatic hydroxyl groups is 1. The number of hydrogen-bond acceptors (Lipinski definition) is 5. The minimum absolute atomic E-state index is 0.0369. The van der Waals surface area contributed by atoms with Crippen LogP contribution >= 0.6 is 11.6 Å². The molecule has 0 fully saturated rings. The van der Waals surface area contributed by atoms with Crippen molar-refractivity contribution in [1.82, 2.24) is 0 Å². The summed E-state index contributed by atoms with van der Waals surface area (Å²) in [4.78, 5) is 22.4. The molecule has 2 rings (SSSR count). The molecule has 0 spiro atoms. The van der Waals surface area contributed by atoms with E-state index in [9.17, 15) is 20.0 Å². The van der Waals surface area contributed by atoms with Crippen molar-refractivity contribution in [3.63, 3.8) is 0 Å². The summed E-state index contributed by atoms with van der Waals surface area (Å²) in [5.41, 5.74) is 0.747. The molecule has 0 radical (unpaired) electrons. The number of nitro benzene ring substituents is 1. The van der Waals surface area contributed by atoms with Crippen LogP contribution in [0.25, 0.3) is 0 Å². The predicted molar refractivity (Wildman–Crippen MR) is 85.0 cm³/mol. The van der Waals surface area contributed by atoms with Gasteiger partial charge in [0.1, 0.15) is 5.75 Å². The first-order chi connectivity index (χ1) is 11.0. The first kappa shape index (κ1) is 16.7. The molecule has 0 aromatic heterocycles. The van der Waals surface area contributed by atoms with Crippen LogP contribution < -0.4 is 10.1 Å². The highest BCUT2D eigenvalue weighted by Gasteiger charge is 2.16. The van der Waals surface area contributed by atoms with Crippen LogP contribution in [0, 0.1) is 10.1 Å². The third-order valence-corrected chi connectivity index (χ3v) is 3.46. The number of benzene rings is 2. The number of halogens is 1. The van der Waals surface area contributed by atoms with Gasteiger partial charge in [-0.3, -0.25) is 14.9 Å². The third-order valence-electron chi connectivity index (χ3n) is 3.14. The maximum Gasteiger partial charge on any atom is 0.270 e. The Morgan fingerprint density at radius 2 is 2.09 bits per heavy atom. The van der Waals surface area contributed by atoms with Crippen molar-refractivity contribution in [1.29, 1.82) is 0 Å². The quantitative estimate of drug-likeness (QED) is 0.645. The summed E-state index contributed by atoms with van der Waals surface area (Å²) in [5.74, 6) is -0.0415. The standard InChI is InChI=1S/C15H13ClN2O5/c1-23-11-4-2-9(8-19)14(7-11)17-15(20)12-5-3-10(18(21)22)6-13(12)16/h2-7,19H,8H2,1H3,(H,17,20). The first-order valence-corrected chi connectivity index (χ1v) is 6.87. The maximum absolute atomic E-state index is 12.3. The summed E-state index contributed by atoms with van der Waals surface area (Å²) in [6, 6.07) is 8.40. The van der Waals surface area contributed by atoms with Crippen molar-refractivity contribution in [2.24, 2.45) is 0 Å². The van der Waals surface area contributed by atoms with E-state index in [1.54, 1.807) is 18.2 Å². The van der Waals surface area contributed by atoms with Crippen molar-refractivity contribution in [2.45, 2.75) is 6.61 Å². The van der Waals surface area contributed by atoms with Crippen LogP contribution in [0.2, 0.25) is 5.02 Å². The molecule has 0 atom stereocenters. The number of rotatable bonds is 5. The van der Waals surface area contributed by atoms with E-state index in [1.807, 2.05) is 0 Å². The summed E-state index contributed by atoms with van der Waals surface area (Å²) in [7, 11) is 1.48. The molecule has 0 unspecified atom stereocenters. The molecular weight excluding hydrogens is 324 g/mol. The van der Waals surface area contributed by atoms with E-state index in [0.717, 1.165) is 6.07 Å². The number of methoxy groups -OCH3 is 1. The van der Waals surface area contributed by atoms with Gasteiger partial charge in [0.2, 0.25) is 0 Å². The molecule has 8 heteroatoms. The van der Waals surface area contributed by atoms with E-state index < -0.39 is 10.8 Å². The van der Waals surface area contributed by atoms with Crippen molar-refractivity contribution in [3.05, 3.63) is 62.7 Å². The number of anilines is 1. The number of non-ortho nitro benzene ring substituents is 1. The zero-order valence-electron chi connectivity index (χ0n) is 12.1. The number of nitro groups is 1. The summed E-state index contributed by atoms with van der Waals surface area (Å²) in [6.45, 7) is -0.270. The fourth-order valence-corrected chi connectivity index (χ4v) is 2.19. The van der Waals surface area contributed by atoms with Gasteiger partial charge in [0.25, 0.3) is 11.6 Å². The number of nitrogens with zero attached hydrogens (tertiary/aromatic N) is 1. The van der Waals surface area contributed by atoms with Gasteiger partial charge in [-0.25, -0.2) is 0 Å². The van der Waals surface area contributed by atoms with E-state index >= 15 is 0 Å². The Balaban J connectivity index is 2.30. The fraction of sp³-hybridized carbons (Fsp3) is 0.133. The van der Waals surface area contributed by atoms with Gasteiger partial charge in [0.05, 0.1) is 34.9 Å². The predicted octanol–water partition coefficient (Wildman–Crippen LogP) is 3.00. The van der Waals surface area contributed by atoms with Crippen molar-refractivity contribution >= 4 is 28.9 Å². The van der Waals surface area contributed by atoms with Gasteiger partial charge >= 0.3 is 0 Å². The van der Waals surface area contributed by atoms with E-state index in [2.05, 4.69) is 5.32 Å². The molecule has 0 heterocycles. The lowest BCUT2D eigenvalue weighted by atomic mass is 10.1. The zero-order chi connectivity index (χ0) is 17.0. The topological polar surface area (TPSA) is 102 Å². The largest absolute Gasteiger partial charge is 0.497 e. The Morgan fingerprint density at radius 3 is 2.65 bits per heavy atom. The van der Waals surface area contributed by atoms with Crippen LogP contribution in [0.1, 0.15) is 15.9 Å². The van der Waals surface area contributed by atoms with Gasteiger partial charge in [0, 0.05) is 23.8 Å². The molecule has 0 aliphatic carbocycles. The van der Waals surface area contributed by atoms with Crippen LogP contribution in [0.3, 0.4) is 0 Å². The molecule has 1 amide bonds. The number of carbonyl (C=O) groups excluding carboxylic acids is 1. The van der Waals surface area contributed by atoms with E-state index in [-0.39, 0.29) is 22.9 Å².